The zero-order valence-corrected chi connectivity index (χ0v) is 7.10. The molecule has 13 heavy (non-hydrogen) atoms. The number of anilines is 1. The molecule has 2 heterocycles. The van der Waals surface area contributed by atoms with Gasteiger partial charge in [-0.15, -0.1) is 0 Å². The van der Waals surface area contributed by atoms with Crippen molar-refractivity contribution in [3.63, 3.8) is 0 Å². The summed E-state index contributed by atoms with van der Waals surface area (Å²) in [6.07, 6.45) is 1.83. The van der Waals surface area contributed by atoms with Gasteiger partial charge >= 0.3 is 0 Å². The highest BCUT2D eigenvalue weighted by Crippen LogP contribution is 2.15. The van der Waals surface area contributed by atoms with Crippen LogP contribution in [-0.4, -0.2) is 34.3 Å². The first-order valence-corrected chi connectivity index (χ1v) is 4.23. The summed E-state index contributed by atoms with van der Waals surface area (Å²) in [5.41, 5.74) is -0.161. The van der Waals surface area contributed by atoms with Crippen LogP contribution in [-0.2, 0) is 0 Å². The Kier molecular flexibility index (Phi) is 2.02. The normalized spacial score (nSPS) is 22.2. The molecule has 1 saturated heterocycles. The molecule has 1 aliphatic rings. The van der Waals surface area contributed by atoms with Gasteiger partial charge in [0.15, 0.2) is 0 Å². The third-order valence-corrected chi connectivity index (χ3v) is 2.15. The van der Waals surface area contributed by atoms with Crippen molar-refractivity contribution in [3.8, 4) is 0 Å². The van der Waals surface area contributed by atoms with Crippen LogP contribution in [0.1, 0.15) is 6.42 Å². The van der Waals surface area contributed by atoms with Gasteiger partial charge in [0.25, 0.3) is 5.56 Å². The molecule has 1 unspecified atom stereocenters. The number of rotatable bonds is 1. The van der Waals surface area contributed by atoms with E-state index in [4.69, 9.17) is 0 Å². The summed E-state index contributed by atoms with van der Waals surface area (Å²) in [4.78, 5) is 19.3. The zero-order valence-electron chi connectivity index (χ0n) is 7.10. The van der Waals surface area contributed by atoms with E-state index in [9.17, 15) is 9.90 Å². The van der Waals surface area contributed by atoms with Crippen molar-refractivity contribution in [1.29, 1.82) is 0 Å². The number of nitrogens with zero attached hydrogens (tertiary/aromatic N) is 2. The van der Waals surface area contributed by atoms with Crippen molar-refractivity contribution in [2.75, 3.05) is 18.0 Å². The number of aromatic nitrogens is 2. The molecule has 1 atom stereocenters. The summed E-state index contributed by atoms with van der Waals surface area (Å²) < 4.78 is 0. The second-order valence-corrected chi connectivity index (χ2v) is 3.16. The Labute approximate surface area is 75.0 Å². The van der Waals surface area contributed by atoms with Gasteiger partial charge in [-0.1, -0.05) is 0 Å². The van der Waals surface area contributed by atoms with Gasteiger partial charge in [-0.05, 0) is 6.42 Å². The van der Waals surface area contributed by atoms with Crippen LogP contribution in [0.15, 0.2) is 17.2 Å². The smallest absolute Gasteiger partial charge is 0.252 e. The first-order chi connectivity index (χ1) is 6.25. The standard InChI is InChI=1S/C8H11N3O2/c12-6-1-2-11(4-6)7-3-8(13)10-5-9-7/h3,5-6,12H,1-2,4H2,(H,9,10,13). The van der Waals surface area contributed by atoms with E-state index in [1.807, 2.05) is 4.90 Å². The Hall–Kier alpha value is -1.36. The molecular weight excluding hydrogens is 170 g/mol. The molecule has 1 aromatic rings. The SMILES string of the molecule is O=c1cc(N2CCC(O)C2)nc[nH]1. The summed E-state index contributed by atoms with van der Waals surface area (Å²) in [6.45, 7) is 1.33. The van der Waals surface area contributed by atoms with Crippen molar-refractivity contribution in [3.05, 3.63) is 22.7 Å². The fraction of sp³-hybridized carbons (Fsp3) is 0.500. The van der Waals surface area contributed by atoms with Crippen molar-refractivity contribution < 1.29 is 5.11 Å². The molecule has 0 aliphatic carbocycles. The average Bonchev–Trinajstić information content (AvgIpc) is 2.52. The minimum atomic E-state index is -0.291. The van der Waals surface area contributed by atoms with Gasteiger partial charge < -0.3 is 15.0 Å². The van der Waals surface area contributed by atoms with Gasteiger partial charge in [0.1, 0.15) is 5.82 Å². The molecule has 5 heteroatoms. The quantitative estimate of drug-likeness (QED) is 0.603. The molecule has 70 valence electrons. The van der Waals surface area contributed by atoms with Gasteiger partial charge in [0.2, 0.25) is 0 Å². The Morgan fingerprint density at radius 3 is 3.15 bits per heavy atom. The summed E-state index contributed by atoms with van der Waals surface area (Å²) in [5, 5.41) is 9.27. The summed E-state index contributed by atoms with van der Waals surface area (Å²) >= 11 is 0. The number of hydrogen-bond donors (Lipinski definition) is 2. The first-order valence-electron chi connectivity index (χ1n) is 4.23. The fourth-order valence-electron chi connectivity index (χ4n) is 1.48. The van der Waals surface area contributed by atoms with Gasteiger partial charge in [-0.2, -0.15) is 0 Å². The molecule has 1 aromatic heterocycles. The van der Waals surface area contributed by atoms with Crippen LogP contribution in [0.3, 0.4) is 0 Å². The lowest BCUT2D eigenvalue weighted by atomic mass is 10.3. The zero-order chi connectivity index (χ0) is 9.26. The van der Waals surface area contributed by atoms with Crippen LogP contribution >= 0.6 is 0 Å². The van der Waals surface area contributed by atoms with E-state index in [0.29, 0.717) is 12.4 Å². The lowest BCUT2D eigenvalue weighted by Gasteiger charge is -2.14. The second-order valence-electron chi connectivity index (χ2n) is 3.16. The predicted molar refractivity (Wildman–Crippen MR) is 47.7 cm³/mol. The van der Waals surface area contributed by atoms with Crippen LogP contribution in [0.5, 0.6) is 0 Å². The predicted octanol–water partition coefficient (Wildman–Crippen LogP) is -0.659. The molecule has 5 nitrogen and oxygen atoms in total. The molecule has 2 N–H and O–H groups in total. The Morgan fingerprint density at radius 1 is 1.69 bits per heavy atom. The summed E-state index contributed by atoms with van der Waals surface area (Å²) in [7, 11) is 0. The van der Waals surface area contributed by atoms with Crippen LogP contribution in [0.25, 0.3) is 0 Å². The highest BCUT2D eigenvalue weighted by Gasteiger charge is 2.21. The molecular formula is C8H11N3O2. The highest BCUT2D eigenvalue weighted by atomic mass is 16.3. The molecule has 1 aliphatic heterocycles. The molecule has 0 amide bonds. The third-order valence-electron chi connectivity index (χ3n) is 2.15. The Morgan fingerprint density at radius 2 is 2.54 bits per heavy atom. The number of nitrogens with one attached hydrogen (secondary N) is 1. The molecule has 1 fully saturated rings. The minimum Gasteiger partial charge on any atom is -0.391 e. The summed E-state index contributed by atoms with van der Waals surface area (Å²) in [6, 6.07) is 1.44. The van der Waals surface area contributed by atoms with Crippen LogP contribution < -0.4 is 10.5 Å². The van der Waals surface area contributed by atoms with Gasteiger partial charge in [0.05, 0.1) is 12.4 Å². The maximum absolute atomic E-state index is 10.9. The largest absolute Gasteiger partial charge is 0.391 e. The lowest BCUT2D eigenvalue weighted by molar-refractivity contribution is 0.198. The van der Waals surface area contributed by atoms with E-state index >= 15 is 0 Å². The topological polar surface area (TPSA) is 69.2 Å². The Balaban J connectivity index is 2.21. The van der Waals surface area contributed by atoms with E-state index in [0.717, 1.165) is 13.0 Å². The van der Waals surface area contributed by atoms with Gasteiger partial charge in [0, 0.05) is 19.2 Å². The number of β-amino-alcohol motifs (C(OH)–C–C–N with tert-alkyl or cyclic N) is 1. The molecule has 2 rings (SSSR count). The van der Waals surface area contributed by atoms with E-state index in [2.05, 4.69) is 9.97 Å². The minimum absolute atomic E-state index is 0.161. The van der Waals surface area contributed by atoms with Crippen molar-refractivity contribution in [1.82, 2.24) is 9.97 Å². The van der Waals surface area contributed by atoms with Crippen LogP contribution in [0.2, 0.25) is 0 Å². The maximum Gasteiger partial charge on any atom is 0.252 e. The number of aliphatic hydroxyl groups is 1. The highest BCUT2D eigenvalue weighted by molar-refractivity contribution is 5.37. The number of hydrogen-bond acceptors (Lipinski definition) is 4. The monoisotopic (exact) mass is 181 g/mol. The number of aromatic amines is 1. The van der Waals surface area contributed by atoms with Gasteiger partial charge in [-0.25, -0.2) is 4.98 Å². The van der Waals surface area contributed by atoms with Gasteiger partial charge in [-0.3, -0.25) is 4.79 Å². The molecule has 0 aromatic carbocycles. The number of H-pyrrole nitrogens is 1. The lowest BCUT2D eigenvalue weighted by Crippen LogP contribution is -2.23. The van der Waals surface area contributed by atoms with Crippen LogP contribution in [0.4, 0.5) is 5.82 Å². The van der Waals surface area contributed by atoms with Crippen molar-refractivity contribution >= 4 is 5.82 Å². The van der Waals surface area contributed by atoms with Crippen LogP contribution in [0, 0.1) is 0 Å². The van der Waals surface area contributed by atoms with E-state index in [1.165, 1.54) is 12.4 Å². The van der Waals surface area contributed by atoms with E-state index in [1.54, 1.807) is 0 Å². The van der Waals surface area contributed by atoms with E-state index in [-0.39, 0.29) is 11.7 Å². The first kappa shape index (κ1) is 8.25. The average molecular weight is 181 g/mol. The maximum atomic E-state index is 10.9. The second kappa shape index (κ2) is 3.18. The molecule has 0 bridgehead atoms. The summed E-state index contributed by atoms with van der Waals surface area (Å²) in [5.74, 6) is 0.639. The molecule has 0 radical (unpaired) electrons. The molecule has 0 spiro atoms. The van der Waals surface area contributed by atoms with Crippen molar-refractivity contribution in [2.45, 2.75) is 12.5 Å². The molecule has 0 saturated carbocycles. The Bertz CT molecular complexity index is 349. The third kappa shape index (κ3) is 1.70. The van der Waals surface area contributed by atoms with Crippen molar-refractivity contribution in [2.24, 2.45) is 0 Å². The van der Waals surface area contributed by atoms with E-state index < -0.39 is 0 Å². The fourth-order valence-corrected chi connectivity index (χ4v) is 1.48. The number of aliphatic hydroxyl groups excluding tert-OH is 1.